The number of likely N-dealkylation sites (tertiary alicyclic amines) is 2. The summed E-state index contributed by atoms with van der Waals surface area (Å²) in [7, 11) is 4.17. The molecule has 3 atom stereocenters. The molecule has 3 rings (SSSR count). The third kappa shape index (κ3) is 6.05. The molecule has 3 heterocycles. The van der Waals surface area contributed by atoms with Crippen molar-refractivity contribution in [1.82, 2.24) is 15.1 Å². The lowest BCUT2D eigenvalue weighted by molar-refractivity contribution is 0.114. The lowest BCUT2D eigenvalue weighted by atomic mass is 9.88. The molecule has 7 heteroatoms. The van der Waals surface area contributed by atoms with Gasteiger partial charge in [-0.2, -0.15) is 0 Å². The second-order valence-electron chi connectivity index (χ2n) is 7.53. The number of rotatable bonds is 6. The Morgan fingerprint density at radius 1 is 1.37 bits per heavy atom. The Balaban J connectivity index is 0.00000261. The van der Waals surface area contributed by atoms with Gasteiger partial charge in [0.1, 0.15) is 0 Å². The lowest BCUT2D eigenvalue weighted by Crippen LogP contribution is -2.46. The van der Waals surface area contributed by atoms with E-state index >= 15 is 0 Å². The molecule has 0 saturated carbocycles. The number of halogens is 1. The Morgan fingerprint density at radius 2 is 2.22 bits per heavy atom. The van der Waals surface area contributed by atoms with Crippen LogP contribution in [0.5, 0.6) is 0 Å². The van der Waals surface area contributed by atoms with Crippen molar-refractivity contribution >= 4 is 41.3 Å². The highest BCUT2D eigenvalue weighted by Gasteiger charge is 2.32. The maximum atomic E-state index is 5.61. The molecule has 154 valence electrons. The van der Waals surface area contributed by atoms with Gasteiger partial charge in [0.05, 0.1) is 6.61 Å². The van der Waals surface area contributed by atoms with Gasteiger partial charge in [-0.1, -0.05) is 6.07 Å². The first-order chi connectivity index (χ1) is 12.7. The molecule has 5 nitrogen and oxygen atoms in total. The Morgan fingerprint density at radius 3 is 2.93 bits per heavy atom. The first-order valence-electron chi connectivity index (χ1n) is 9.99. The summed E-state index contributed by atoms with van der Waals surface area (Å²) in [5.74, 6) is 2.32. The van der Waals surface area contributed by atoms with Crippen LogP contribution in [-0.4, -0.2) is 69.2 Å². The van der Waals surface area contributed by atoms with Gasteiger partial charge in [-0.05, 0) is 57.1 Å². The molecule has 3 unspecified atom stereocenters. The number of thiophene rings is 1. The number of hydrogen-bond donors (Lipinski definition) is 1. The van der Waals surface area contributed by atoms with Crippen LogP contribution in [0.1, 0.15) is 37.1 Å². The van der Waals surface area contributed by atoms with E-state index in [9.17, 15) is 0 Å². The van der Waals surface area contributed by atoms with E-state index in [-0.39, 0.29) is 24.0 Å². The van der Waals surface area contributed by atoms with E-state index in [0.717, 1.165) is 38.8 Å². The molecule has 0 spiro atoms. The van der Waals surface area contributed by atoms with Gasteiger partial charge in [-0.25, -0.2) is 0 Å². The van der Waals surface area contributed by atoms with Gasteiger partial charge < -0.3 is 15.0 Å². The monoisotopic (exact) mass is 506 g/mol. The SMILES string of the molecule is CCOCC1CCN(C(=NC)NCC2CCCN(C)C2c2cccs2)C1.I. The first-order valence-corrected chi connectivity index (χ1v) is 10.9. The van der Waals surface area contributed by atoms with Crippen LogP contribution in [0.4, 0.5) is 0 Å². The van der Waals surface area contributed by atoms with Crippen LogP contribution in [0.3, 0.4) is 0 Å². The molecule has 1 aromatic rings. The predicted octanol–water partition coefficient (Wildman–Crippen LogP) is 3.68. The molecule has 0 bridgehead atoms. The summed E-state index contributed by atoms with van der Waals surface area (Å²) in [6.07, 6.45) is 3.76. The zero-order chi connectivity index (χ0) is 18.4. The predicted molar refractivity (Wildman–Crippen MR) is 125 cm³/mol. The smallest absolute Gasteiger partial charge is 0.193 e. The Labute approximate surface area is 185 Å². The fraction of sp³-hybridized carbons (Fsp3) is 0.750. The van der Waals surface area contributed by atoms with Crippen LogP contribution < -0.4 is 5.32 Å². The average Bonchev–Trinajstić information content (AvgIpc) is 3.33. The van der Waals surface area contributed by atoms with Gasteiger partial charge >= 0.3 is 0 Å². The highest BCUT2D eigenvalue weighted by molar-refractivity contribution is 14.0. The summed E-state index contributed by atoms with van der Waals surface area (Å²) in [5.41, 5.74) is 0. The molecule has 2 fully saturated rings. The van der Waals surface area contributed by atoms with Crippen molar-refractivity contribution in [2.24, 2.45) is 16.8 Å². The molecular weight excluding hydrogens is 471 g/mol. The molecule has 2 aliphatic heterocycles. The third-order valence-electron chi connectivity index (χ3n) is 5.72. The number of nitrogens with zero attached hydrogens (tertiary/aromatic N) is 3. The van der Waals surface area contributed by atoms with E-state index in [1.165, 1.54) is 30.7 Å². The van der Waals surface area contributed by atoms with Gasteiger partial charge in [-0.15, -0.1) is 35.3 Å². The molecule has 0 aromatic carbocycles. The lowest BCUT2D eigenvalue weighted by Gasteiger charge is -2.39. The van der Waals surface area contributed by atoms with E-state index < -0.39 is 0 Å². The van der Waals surface area contributed by atoms with Crippen LogP contribution >= 0.6 is 35.3 Å². The van der Waals surface area contributed by atoms with Gasteiger partial charge in [0, 0.05) is 50.1 Å². The van der Waals surface area contributed by atoms with E-state index in [4.69, 9.17) is 4.74 Å². The molecule has 1 aromatic heterocycles. The van der Waals surface area contributed by atoms with Crippen molar-refractivity contribution in [1.29, 1.82) is 0 Å². The number of aliphatic imine (C=N–C) groups is 1. The summed E-state index contributed by atoms with van der Waals surface area (Å²) in [5, 5.41) is 5.88. The van der Waals surface area contributed by atoms with Gasteiger partial charge in [0.25, 0.3) is 0 Å². The minimum Gasteiger partial charge on any atom is -0.381 e. The van der Waals surface area contributed by atoms with Gasteiger partial charge in [0.2, 0.25) is 0 Å². The van der Waals surface area contributed by atoms with Crippen molar-refractivity contribution < 1.29 is 4.74 Å². The van der Waals surface area contributed by atoms with E-state index in [1.54, 1.807) is 0 Å². The second kappa shape index (κ2) is 11.6. The molecule has 0 radical (unpaired) electrons. The molecule has 2 aliphatic rings. The van der Waals surface area contributed by atoms with E-state index in [0.29, 0.717) is 17.9 Å². The quantitative estimate of drug-likeness (QED) is 0.363. The fourth-order valence-corrected chi connectivity index (χ4v) is 5.37. The largest absolute Gasteiger partial charge is 0.381 e. The number of piperidine rings is 1. The van der Waals surface area contributed by atoms with Crippen LogP contribution in [0.25, 0.3) is 0 Å². The van der Waals surface area contributed by atoms with Gasteiger partial charge in [-0.3, -0.25) is 9.89 Å². The fourth-order valence-electron chi connectivity index (χ4n) is 4.38. The topological polar surface area (TPSA) is 40.1 Å². The standard InChI is InChI=1S/C20H34N4OS.HI/c1-4-25-15-16-9-11-24(14-16)20(21-2)22-13-17-7-5-10-23(3)19(17)18-8-6-12-26-18;/h6,8,12,16-17,19H,4-5,7,9-11,13-15H2,1-3H3,(H,21,22);1H. The zero-order valence-corrected chi connectivity index (χ0v) is 20.0. The minimum atomic E-state index is 0. The number of nitrogens with one attached hydrogen (secondary N) is 1. The van der Waals surface area contributed by atoms with Crippen molar-refractivity contribution in [3.05, 3.63) is 22.4 Å². The van der Waals surface area contributed by atoms with Crippen LogP contribution in [0, 0.1) is 11.8 Å². The first kappa shape index (κ1) is 22.9. The summed E-state index contributed by atoms with van der Waals surface area (Å²) in [6.45, 7) is 8.07. The highest BCUT2D eigenvalue weighted by Crippen LogP contribution is 2.36. The zero-order valence-electron chi connectivity index (χ0n) is 16.9. The average molecular weight is 506 g/mol. The molecule has 1 N–H and O–H groups in total. The normalized spacial score (nSPS) is 26.9. The van der Waals surface area contributed by atoms with Crippen molar-refractivity contribution in [3.8, 4) is 0 Å². The van der Waals surface area contributed by atoms with Crippen LogP contribution in [0.15, 0.2) is 22.5 Å². The number of hydrogen-bond acceptors (Lipinski definition) is 4. The molecule has 0 amide bonds. The maximum Gasteiger partial charge on any atom is 0.193 e. The summed E-state index contributed by atoms with van der Waals surface area (Å²) >= 11 is 1.89. The molecule has 27 heavy (non-hydrogen) atoms. The van der Waals surface area contributed by atoms with Crippen molar-refractivity contribution in [3.63, 3.8) is 0 Å². The third-order valence-corrected chi connectivity index (χ3v) is 6.66. The second-order valence-corrected chi connectivity index (χ2v) is 8.51. The summed E-state index contributed by atoms with van der Waals surface area (Å²) < 4.78 is 5.61. The highest BCUT2D eigenvalue weighted by atomic mass is 127. The number of ether oxygens (including phenoxy) is 1. The van der Waals surface area contributed by atoms with Crippen molar-refractivity contribution in [2.45, 2.75) is 32.2 Å². The summed E-state index contributed by atoms with van der Waals surface area (Å²) in [6, 6.07) is 4.99. The molecule has 0 aliphatic carbocycles. The Bertz CT molecular complexity index is 568. The van der Waals surface area contributed by atoms with Crippen LogP contribution in [-0.2, 0) is 4.74 Å². The minimum absolute atomic E-state index is 0. The number of guanidine groups is 1. The van der Waals surface area contributed by atoms with Crippen LogP contribution in [0.2, 0.25) is 0 Å². The Hall–Kier alpha value is -0.380. The van der Waals surface area contributed by atoms with Gasteiger partial charge in [0.15, 0.2) is 5.96 Å². The van der Waals surface area contributed by atoms with E-state index in [1.807, 2.05) is 18.4 Å². The summed E-state index contributed by atoms with van der Waals surface area (Å²) in [4.78, 5) is 11.0. The molecular formula is C20H35IN4OS. The van der Waals surface area contributed by atoms with Crippen molar-refractivity contribution in [2.75, 3.05) is 53.5 Å². The molecule has 2 saturated heterocycles. The maximum absolute atomic E-state index is 5.61. The van der Waals surface area contributed by atoms with E-state index in [2.05, 4.69) is 51.6 Å². The Kier molecular flexibility index (Phi) is 9.82.